The van der Waals surface area contributed by atoms with E-state index < -0.39 is 0 Å². The zero-order valence-electron chi connectivity index (χ0n) is 10.7. The van der Waals surface area contributed by atoms with Crippen molar-refractivity contribution in [2.45, 2.75) is 12.8 Å². The lowest BCUT2D eigenvalue weighted by atomic mass is 10.0. The topological polar surface area (TPSA) is 26.3 Å². The Kier molecular flexibility index (Phi) is 4.58. The van der Waals surface area contributed by atoms with Crippen LogP contribution in [0.25, 0.3) is 0 Å². The SMILES string of the molecule is COc1ccc(Cl)cc1CCC(=O)c1ccccc1. The molecule has 0 aliphatic heterocycles. The van der Waals surface area contributed by atoms with Crippen molar-refractivity contribution in [3.8, 4) is 5.75 Å². The maximum absolute atomic E-state index is 12.0. The summed E-state index contributed by atoms with van der Waals surface area (Å²) in [6.07, 6.45) is 1.07. The van der Waals surface area contributed by atoms with E-state index in [1.165, 1.54) is 0 Å². The minimum absolute atomic E-state index is 0.127. The Morgan fingerprint density at radius 1 is 1.16 bits per heavy atom. The van der Waals surface area contributed by atoms with Crippen LogP contribution >= 0.6 is 11.6 Å². The van der Waals surface area contributed by atoms with Crippen LogP contribution in [0.4, 0.5) is 0 Å². The second kappa shape index (κ2) is 6.39. The van der Waals surface area contributed by atoms with Crippen molar-refractivity contribution in [1.29, 1.82) is 0 Å². The van der Waals surface area contributed by atoms with E-state index in [9.17, 15) is 4.79 Å². The van der Waals surface area contributed by atoms with Gasteiger partial charge in [0.25, 0.3) is 0 Å². The first-order chi connectivity index (χ1) is 9.20. The van der Waals surface area contributed by atoms with Crippen LogP contribution in [0, 0.1) is 0 Å². The van der Waals surface area contributed by atoms with Gasteiger partial charge in [-0.15, -0.1) is 0 Å². The summed E-state index contributed by atoms with van der Waals surface area (Å²) in [5.41, 5.74) is 1.70. The van der Waals surface area contributed by atoms with E-state index >= 15 is 0 Å². The number of hydrogen-bond donors (Lipinski definition) is 0. The van der Waals surface area contributed by atoms with Gasteiger partial charge in [0.15, 0.2) is 5.78 Å². The quantitative estimate of drug-likeness (QED) is 0.765. The lowest BCUT2D eigenvalue weighted by Gasteiger charge is -2.08. The summed E-state index contributed by atoms with van der Waals surface area (Å²) in [7, 11) is 1.62. The van der Waals surface area contributed by atoms with Crippen LogP contribution in [0.1, 0.15) is 22.3 Å². The molecule has 0 saturated carbocycles. The molecule has 0 fully saturated rings. The number of aryl methyl sites for hydroxylation is 1. The first-order valence-electron chi connectivity index (χ1n) is 6.11. The van der Waals surface area contributed by atoms with Gasteiger partial charge < -0.3 is 4.74 Å². The van der Waals surface area contributed by atoms with Crippen LogP contribution in [-0.4, -0.2) is 12.9 Å². The molecule has 3 heteroatoms. The molecule has 2 nitrogen and oxygen atoms in total. The van der Waals surface area contributed by atoms with Crippen molar-refractivity contribution in [1.82, 2.24) is 0 Å². The number of carbonyl (C=O) groups excluding carboxylic acids is 1. The molecule has 0 aliphatic rings. The summed E-state index contributed by atoms with van der Waals surface area (Å²) in [4.78, 5) is 12.0. The highest BCUT2D eigenvalue weighted by Gasteiger charge is 2.09. The highest BCUT2D eigenvalue weighted by Crippen LogP contribution is 2.24. The zero-order valence-corrected chi connectivity index (χ0v) is 11.5. The number of carbonyl (C=O) groups is 1. The minimum Gasteiger partial charge on any atom is -0.496 e. The molecule has 2 aromatic rings. The molecule has 0 aromatic heterocycles. The fourth-order valence-electron chi connectivity index (χ4n) is 1.96. The Morgan fingerprint density at radius 2 is 1.89 bits per heavy atom. The molecule has 0 unspecified atom stereocenters. The van der Waals surface area contributed by atoms with Crippen molar-refractivity contribution in [3.63, 3.8) is 0 Å². The van der Waals surface area contributed by atoms with E-state index in [1.807, 2.05) is 42.5 Å². The van der Waals surface area contributed by atoms with Gasteiger partial charge in [0.05, 0.1) is 7.11 Å². The predicted octanol–water partition coefficient (Wildman–Crippen LogP) is 4.16. The Balaban J connectivity index is 2.07. The number of Topliss-reactive ketones (excluding diaryl/α,β-unsaturated/α-hetero) is 1. The summed E-state index contributed by atoms with van der Waals surface area (Å²) in [5.74, 6) is 0.896. The van der Waals surface area contributed by atoms with E-state index in [1.54, 1.807) is 13.2 Å². The van der Waals surface area contributed by atoms with Gasteiger partial charge in [0, 0.05) is 17.0 Å². The van der Waals surface area contributed by atoms with E-state index in [2.05, 4.69) is 0 Å². The number of methoxy groups -OCH3 is 1. The van der Waals surface area contributed by atoms with Gasteiger partial charge in [-0.05, 0) is 30.2 Å². The molecular weight excluding hydrogens is 260 g/mol. The van der Waals surface area contributed by atoms with Crippen molar-refractivity contribution in [3.05, 3.63) is 64.7 Å². The van der Waals surface area contributed by atoms with Crippen molar-refractivity contribution >= 4 is 17.4 Å². The van der Waals surface area contributed by atoms with Gasteiger partial charge in [0.1, 0.15) is 5.75 Å². The molecule has 0 radical (unpaired) electrons. The lowest BCUT2D eigenvalue weighted by molar-refractivity contribution is 0.0982. The van der Waals surface area contributed by atoms with Gasteiger partial charge in [-0.2, -0.15) is 0 Å². The molecule has 0 bridgehead atoms. The molecule has 0 saturated heterocycles. The van der Waals surface area contributed by atoms with Gasteiger partial charge >= 0.3 is 0 Å². The van der Waals surface area contributed by atoms with Gasteiger partial charge in [-0.1, -0.05) is 41.9 Å². The Bertz CT molecular complexity index is 564. The Hall–Kier alpha value is -1.80. The molecule has 0 spiro atoms. The molecule has 0 atom stereocenters. The highest BCUT2D eigenvalue weighted by molar-refractivity contribution is 6.30. The van der Waals surface area contributed by atoms with Crippen LogP contribution in [0.3, 0.4) is 0 Å². The molecule has 0 N–H and O–H groups in total. The van der Waals surface area contributed by atoms with E-state index in [0.717, 1.165) is 16.9 Å². The molecule has 0 aliphatic carbocycles. The van der Waals surface area contributed by atoms with Crippen molar-refractivity contribution < 1.29 is 9.53 Å². The van der Waals surface area contributed by atoms with Crippen LogP contribution in [0.5, 0.6) is 5.75 Å². The van der Waals surface area contributed by atoms with Crippen molar-refractivity contribution in [2.75, 3.05) is 7.11 Å². The standard InChI is InChI=1S/C16H15ClO2/c1-19-16-10-8-14(17)11-13(16)7-9-15(18)12-5-3-2-4-6-12/h2-6,8,10-11H,7,9H2,1H3. The summed E-state index contributed by atoms with van der Waals surface area (Å²) in [6.45, 7) is 0. The molecule has 2 rings (SSSR count). The van der Waals surface area contributed by atoms with Crippen LogP contribution in [0.15, 0.2) is 48.5 Å². The number of rotatable bonds is 5. The summed E-state index contributed by atoms with van der Waals surface area (Å²) >= 11 is 5.97. The van der Waals surface area contributed by atoms with Gasteiger partial charge in [0.2, 0.25) is 0 Å². The number of ketones is 1. The number of hydrogen-bond acceptors (Lipinski definition) is 2. The van der Waals surface area contributed by atoms with E-state index in [0.29, 0.717) is 17.9 Å². The monoisotopic (exact) mass is 274 g/mol. The van der Waals surface area contributed by atoms with E-state index in [4.69, 9.17) is 16.3 Å². The maximum atomic E-state index is 12.0. The smallest absolute Gasteiger partial charge is 0.163 e. The fourth-order valence-corrected chi connectivity index (χ4v) is 2.15. The summed E-state index contributed by atoms with van der Waals surface area (Å²) < 4.78 is 5.27. The molecule has 98 valence electrons. The maximum Gasteiger partial charge on any atom is 0.163 e. The average molecular weight is 275 g/mol. The fraction of sp³-hybridized carbons (Fsp3) is 0.188. The van der Waals surface area contributed by atoms with Gasteiger partial charge in [-0.3, -0.25) is 4.79 Å². The third kappa shape index (κ3) is 3.58. The third-order valence-corrected chi connectivity index (χ3v) is 3.19. The minimum atomic E-state index is 0.127. The third-order valence-electron chi connectivity index (χ3n) is 2.96. The number of benzene rings is 2. The van der Waals surface area contributed by atoms with Crippen LogP contribution in [0.2, 0.25) is 5.02 Å². The van der Waals surface area contributed by atoms with Gasteiger partial charge in [-0.25, -0.2) is 0 Å². The summed E-state index contributed by atoms with van der Waals surface area (Å²) in [5, 5.41) is 0.656. The van der Waals surface area contributed by atoms with Crippen molar-refractivity contribution in [2.24, 2.45) is 0 Å². The Labute approximate surface area is 118 Å². The highest BCUT2D eigenvalue weighted by atomic mass is 35.5. The molecular formula is C16H15ClO2. The lowest BCUT2D eigenvalue weighted by Crippen LogP contribution is -2.02. The predicted molar refractivity (Wildman–Crippen MR) is 77.1 cm³/mol. The molecule has 0 heterocycles. The molecule has 19 heavy (non-hydrogen) atoms. The largest absolute Gasteiger partial charge is 0.496 e. The number of halogens is 1. The zero-order chi connectivity index (χ0) is 13.7. The van der Waals surface area contributed by atoms with Crippen LogP contribution < -0.4 is 4.74 Å². The summed E-state index contributed by atoms with van der Waals surface area (Å²) in [6, 6.07) is 14.7. The second-order valence-electron chi connectivity index (χ2n) is 4.25. The first-order valence-corrected chi connectivity index (χ1v) is 6.49. The second-order valence-corrected chi connectivity index (χ2v) is 4.68. The first kappa shape index (κ1) is 13.6. The average Bonchev–Trinajstić information content (AvgIpc) is 2.46. The Morgan fingerprint density at radius 3 is 2.58 bits per heavy atom. The normalized spacial score (nSPS) is 10.2. The van der Waals surface area contributed by atoms with Crippen LogP contribution in [-0.2, 0) is 6.42 Å². The molecule has 0 amide bonds. The molecule has 2 aromatic carbocycles. The van der Waals surface area contributed by atoms with E-state index in [-0.39, 0.29) is 5.78 Å². The number of ether oxygens (including phenoxy) is 1.